The number of benzene rings is 2. The van der Waals surface area contributed by atoms with Crippen LogP contribution in [0.25, 0.3) is 0 Å². The Labute approximate surface area is 204 Å². The summed E-state index contributed by atoms with van der Waals surface area (Å²) in [5.74, 6) is 0.892. The van der Waals surface area contributed by atoms with Gasteiger partial charge in [-0.3, -0.25) is 9.48 Å². The van der Waals surface area contributed by atoms with Gasteiger partial charge in [0.15, 0.2) is 11.5 Å². The van der Waals surface area contributed by atoms with Gasteiger partial charge in [-0.15, -0.1) is 0 Å². The van der Waals surface area contributed by atoms with Gasteiger partial charge in [0.1, 0.15) is 13.2 Å². The van der Waals surface area contributed by atoms with Crippen LogP contribution in [0.1, 0.15) is 28.1 Å². The summed E-state index contributed by atoms with van der Waals surface area (Å²) >= 11 is 7.00. The van der Waals surface area contributed by atoms with Crippen LogP contribution in [0.4, 0.5) is 0 Å². The van der Waals surface area contributed by atoms with Crippen LogP contribution >= 0.6 is 31.9 Å². The Morgan fingerprint density at radius 2 is 1.97 bits per heavy atom. The molecule has 0 aliphatic carbocycles. The largest absolute Gasteiger partial charge is 0.493 e. The van der Waals surface area contributed by atoms with Gasteiger partial charge >= 0.3 is 0 Å². The second kappa shape index (κ2) is 10.8. The van der Waals surface area contributed by atoms with Crippen LogP contribution in [0.15, 0.2) is 50.4 Å². The van der Waals surface area contributed by atoms with E-state index in [2.05, 4.69) is 47.5 Å². The average Bonchev–Trinajstić information content (AvgIpc) is 3.00. The van der Waals surface area contributed by atoms with Crippen LogP contribution in [0.3, 0.4) is 0 Å². The fourth-order valence-electron chi connectivity index (χ4n) is 3.06. The maximum absolute atomic E-state index is 12.2. The highest BCUT2D eigenvalue weighted by Crippen LogP contribution is 2.37. The molecule has 0 aliphatic heterocycles. The highest BCUT2D eigenvalue weighted by molar-refractivity contribution is 9.10. The maximum atomic E-state index is 12.2. The molecule has 1 aromatic heterocycles. The van der Waals surface area contributed by atoms with Crippen LogP contribution in [-0.4, -0.2) is 29.0 Å². The number of nitrogens with one attached hydrogen (secondary N) is 1. The fraction of sp³-hybridized carbons (Fsp3) is 0.261. The molecule has 1 N–H and O–H groups in total. The van der Waals surface area contributed by atoms with E-state index in [-0.39, 0.29) is 12.5 Å². The van der Waals surface area contributed by atoms with E-state index in [0.29, 0.717) is 18.1 Å². The highest BCUT2D eigenvalue weighted by atomic mass is 79.9. The SMILES string of the molecule is COc1cc(/C=N/NC(=O)Cn2nc(C)c(Br)c2C)cc(Br)c1OCc1ccccc1C. The van der Waals surface area contributed by atoms with Gasteiger partial charge in [-0.2, -0.15) is 10.2 Å². The van der Waals surface area contributed by atoms with Crippen molar-refractivity contribution in [3.05, 3.63) is 73.4 Å². The standard InChI is InChI=1S/C23H24Br2N4O3/c1-14-7-5-6-8-18(14)13-32-23-19(24)9-17(10-20(23)31-4)11-26-27-21(30)12-29-16(3)22(25)15(2)28-29/h5-11H,12-13H2,1-4H3,(H,27,30)/b26-11+. The number of aromatic nitrogens is 2. The van der Waals surface area contributed by atoms with Crippen LogP contribution < -0.4 is 14.9 Å². The third kappa shape index (κ3) is 5.77. The Kier molecular flexibility index (Phi) is 8.09. The van der Waals surface area contributed by atoms with Gasteiger partial charge in [-0.05, 0) is 81.5 Å². The monoisotopic (exact) mass is 562 g/mol. The molecule has 0 atom stereocenters. The first kappa shape index (κ1) is 24.0. The average molecular weight is 564 g/mol. The van der Waals surface area contributed by atoms with Crippen LogP contribution in [0.2, 0.25) is 0 Å². The van der Waals surface area contributed by atoms with E-state index in [4.69, 9.17) is 9.47 Å². The second-order valence-corrected chi connectivity index (χ2v) is 8.83. The minimum absolute atomic E-state index is 0.0777. The summed E-state index contributed by atoms with van der Waals surface area (Å²) in [5, 5.41) is 8.38. The van der Waals surface area contributed by atoms with E-state index >= 15 is 0 Å². The number of hydrogen-bond donors (Lipinski definition) is 1. The molecule has 0 bridgehead atoms. The molecule has 0 aliphatic rings. The number of hydrogen-bond acceptors (Lipinski definition) is 5. The zero-order valence-corrected chi connectivity index (χ0v) is 21.4. The molecule has 0 saturated carbocycles. The molecular weight excluding hydrogens is 540 g/mol. The quantitative estimate of drug-likeness (QED) is 0.306. The Morgan fingerprint density at radius 1 is 1.22 bits per heavy atom. The Balaban J connectivity index is 1.65. The second-order valence-electron chi connectivity index (χ2n) is 7.18. The molecule has 0 radical (unpaired) electrons. The highest BCUT2D eigenvalue weighted by Gasteiger charge is 2.13. The normalized spacial score (nSPS) is 11.1. The topological polar surface area (TPSA) is 77.7 Å². The maximum Gasteiger partial charge on any atom is 0.261 e. The zero-order valence-electron chi connectivity index (χ0n) is 18.3. The molecule has 0 saturated heterocycles. The van der Waals surface area contributed by atoms with Crippen molar-refractivity contribution in [2.24, 2.45) is 5.10 Å². The van der Waals surface area contributed by atoms with Gasteiger partial charge in [0.2, 0.25) is 0 Å². The van der Waals surface area contributed by atoms with E-state index in [9.17, 15) is 4.79 Å². The number of amides is 1. The van der Waals surface area contributed by atoms with Gasteiger partial charge < -0.3 is 9.47 Å². The number of methoxy groups -OCH3 is 1. The van der Waals surface area contributed by atoms with E-state index in [1.165, 1.54) is 0 Å². The fourth-order valence-corrected chi connectivity index (χ4v) is 3.91. The first-order valence-electron chi connectivity index (χ1n) is 9.86. The smallest absolute Gasteiger partial charge is 0.261 e. The van der Waals surface area contributed by atoms with Crippen molar-refractivity contribution in [2.75, 3.05) is 7.11 Å². The minimum atomic E-state index is -0.274. The number of aryl methyl sites for hydroxylation is 2. The predicted molar refractivity (Wildman–Crippen MR) is 131 cm³/mol. The molecule has 0 spiro atoms. The zero-order chi connectivity index (χ0) is 23.3. The number of rotatable bonds is 8. The summed E-state index contributed by atoms with van der Waals surface area (Å²) in [6.07, 6.45) is 1.55. The molecule has 7 nitrogen and oxygen atoms in total. The molecule has 2 aromatic carbocycles. The number of ether oxygens (including phenoxy) is 2. The van der Waals surface area contributed by atoms with Gasteiger partial charge in [0.25, 0.3) is 5.91 Å². The number of carbonyl (C=O) groups is 1. The summed E-state index contributed by atoms with van der Waals surface area (Å²) in [6, 6.07) is 11.7. The number of hydrazone groups is 1. The first-order chi connectivity index (χ1) is 15.3. The summed E-state index contributed by atoms with van der Waals surface area (Å²) in [6.45, 7) is 6.32. The summed E-state index contributed by atoms with van der Waals surface area (Å²) in [7, 11) is 1.58. The number of carbonyl (C=O) groups excluding carboxylic acids is 1. The molecule has 3 aromatic rings. The minimum Gasteiger partial charge on any atom is -0.493 e. The molecule has 168 valence electrons. The first-order valence-corrected chi connectivity index (χ1v) is 11.4. The Morgan fingerprint density at radius 3 is 2.62 bits per heavy atom. The van der Waals surface area contributed by atoms with Crippen LogP contribution in [0, 0.1) is 20.8 Å². The van der Waals surface area contributed by atoms with Crippen molar-refractivity contribution in [1.29, 1.82) is 0 Å². The van der Waals surface area contributed by atoms with Crippen molar-refractivity contribution in [3.63, 3.8) is 0 Å². The summed E-state index contributed by atoms with van der Waals surface area (Å²) in [5.41, 5.74) is 7.25. The number of halogens is 2. The van der Waals surface area contributed by atoms with E-state index < -0.39 is 0 Å². The van der Waals surface area contributed by atoms with Gasteiger partial charge in [0.05, 0.1) is 33.7 Å². The molecular formula is C23H24Br2N4O3. The lowest BCUT2D eigenvalue weighted by Crippen LogP contribution is -2.24. The van der Waals surface area contributed by atoms with E-state index in [1.807, 2.05) is 51.1 Å². The molecule has 3 rings (SSSR count). The van der Waals surface area contributed by atoms with Gasteiger partial charge in [-0.1, -0.05) is 24.3 Å². The lowest BCUT2D eigenvalue weighted by atomic mass is 10.1. The molecule has 0 fully saturated rings. The van der Waals surface area contributed by atoms with Gasteiger partial charge in [-0.25, -0.2) is 5.43 Å². The molecule has 1 amide bonds. The van der Waals surface area contributed by atoms with E-state index in [1.54, 1.807) is 24.1 Å². The summed E-state index contributed by atoms with van der Waals surface area (Å²) in [4.78, 5) is 12.2. The molecule has 9 heteroatoms. The van der Waals surface area contributed by atoms with Crippen molar-refractivity contribution < 1.29 is 14.3 Å². The predicted octanol–water partition coefficient (Wildman–Crippen LogP) is 5.07. The Bertz CT molecular complexity index is 1160. The van der Waals surface area contributed by atoms with Crippen LogP contribution in [0.5, 0.6) is 11.5 Å². The lowest BCUT2D eigenvalue weighted by Gasteiger charge is -2.14. The Hall–Kier alpha value is -2.65. The molecule has 32 heavy (non-hydrogen) atoms. The third-order valence-corrected chi connectivity index (χ3v) is 6.61. The van der Waals surface area contributed by atoms with Crippen molar-refractivity contribution in [3.8, 4) is 11.5 Å². The van der Waals surface area contributed by atoms with Gasteiger partial charge in [0, 0.05) is 0 Å². The van der Waals surface area contributed by atoms with Crippen LogP contribution in [-0.2, 0) is 17.9 Å². The number of nitrogens with zero attached hydrogens (tertiary/aromatic N) is 3. The molecule has 1 heterocycles. The molecule has 0 unspecified atom stereocenters. The lowest BCUT2D eigenvalue weighted by molar-refractivity contribution is -0.121. The summed E-state index contributed by atoms with van der Waals surface area (Å²) < 4.78 is 14.8. The van der Waals surface area contributed by atoms with Crippen molar-refractivity contribution in [2.45, 2.75) is 33.9 Å². The third-order valence-electron chi connectivity index (χ3n) is 4.87. The van der Waals surface area contributed by atoms with Crippen molar-refractivity contribution >= 4 is 44.0 Å². The van der Waals surface area contributed by atoms with Crippen molar-refractivity contribution in [1.82, 2.24) is 15.2 Å². The van der Waals surface area contributed by atoms with E-state index in [0.717, 1.165) is 37.0 Å².